The fraction of sp³-hybridized carbons (Fsp3) is 0.872. The van der Waals surface area contributed by atoms with Gasteiger partial charge in [0, 0.05) is 12.8 Å². The van der Waals surface area contributed by atoms with Crippen LogP contribution in [-0.4, -0.2) is 36.4 Å². The quantitative estimate of drug-likeness (QED) is 0.0384. The highest BCUT2D eigenvalue weighted by molar-refractivity contribution is 5.70. The molecule has 0 aliphatic rings. The summed E-state index contributed by atoms with van der Waals surface area (Å²) >= 11 is 0. The number of ether oxygens (including phenoxy) is 2. The summed E-state index contributed by atoms with van der Waals surface area (Å²) in [5.74, 6) is -0.586. The summed E-state index contributed by atoms with van der Waals surface area (Å²) in [5.41, 5.74) is 0. The van der Waals surface area contributed by atoms with Gasteiger partial charge in [0.2, 0.25) is 0 Å². The number of esters is 2. The van der Waals surface area contributed by atoms with E-state index in [0.29, 0.717) is 12.8 Å². The van der Waals surface area contributed by atoms with E-state index in [9.17, 15) is 14.7 Å². The number of carbonyl (C=O) groups excluding carboxylic acids is 2. The van der Waals surface area contributed by atoms with Crippen LogP contribution in [0.1, 0.15) is 245 Å². The van der Waals surface area contributed by atoms with Gasteiger partial charge in [-0.1, -0.05) is 192 Å². The van der Waals surface area contributed by atoms with Crippen LogP contribution in [0.15, 0.2) is 24.3 Å². The third kappa shape index (κ3) is 41.1. The van der Waals surface area contributed by atoms with Gasteiger partial charge < -0.3 is 14.6 Å². The predicted molar refractivity (Wildman–Crippen MR) is 224 cm³/mol. The van der Waals surface area contributed by atoms with Gasteiger partial charge in [0.05, 0.1) is 6.61 Å². The fourth-order valence-electron chi connectivity index (χ4n) is 6.72. The van der Waals surface area contributed by atoms with Crippen LogP contribution < -0.4 is 0 Å². The number of aliphatic hydroxyl groups is 1. The van der Waals surface area contributed by atoms with Crippen molar-refractivity contribution in [3.63, 3.8) is 0 Å². The molecule has 0 unspecified atom stereocenters. The Morgan fingerprint density at radius 1 is 0.423 bits per heavy atom. The van der Waals surface area contributed by atoms with Crippen molar-refractivity contribution in [3.8, 4) is 0 Å². The van der Waals surface area contributed by atoms with Crippen LogP contribution in [-0.2, 0) is 19.1 Å². The lowest BCUT2D eigenvalue weighted by Crippen LogP contribution is -2.28. The average molecular weight is 733 g/mol. The molecule has 1 N–H and O–H groups in total. The van der Waals surface area contributed by atoms with Crippen molar-refractivity contribution in [1.82, 2.24) is 0 Å². The summed E-state index contributed by atoms with van der Waals surface area (Å²) in [6.45, 7) is 4.15. The van der Waals surface area contributed by atoms with Crippen LogP contribution >= 0.6 is 0 Å². The molecule has 0 aliphatic carbocycles. The Morgan fingerprint density at radius 2 is 0.712 bits per heavy atom. The summed E-state index contributed by atoms with van der Waals surface area (Å²) in [6.07, 6.45) is 52.5. The lowest BCUT2D eigenvalue weighted by molar-refractivity contribution is -0.161. The molecule has 5 heteroatoms. The molecule has 0 saturated heterocycles. The molecule has 306 valence electrons. The molecule has 5 nitrogen and oxygen atoms in total. The molecule has 0 amide bonds. The first-order valence-corrected chi connectivity index (χ1v) is 22.9. The first kappa shape index (κ1) is 50.4. The van der Waals surface area contributed by atoms with E-state index < -0.39 is 6.10 Å². The SMILES string of the molecule is CCCCCCCCC=CCCCCCCCCCCCCCC(=O)O[C@@H](CO)COC(=O)CCCCCCCCCC=CCCCCCCCC. The van der Waals surface area contributed by atoms with Gasteiger partial charge >= 0.3 is 11.9 Å². The topological polar surface area (TPSA) is 72.8 Å². The fourth-order valence-corrected chi connectivity index (χ4v) is 6.72. The molecule has 0 radical (unpaired) electrons. The van der Waals surface area contributed by atoms with E-state index in [0.717, 1.165) is 38.5 Å². The third-order valence-corrected chi connectivity index (χ3v) is 10.2. The minimum absolute atomic E-state index is 0.0646. The Hall–Kier alpha value is -1.62. The second kappa shape index (κ2) is 43.8. The molecule has 0 aliphatic heterocycles. The second-order valence-corrected chi connectivity index (χ2v) is 15.5. The molecule has 1 atom stereocenters. The number of rotatable bonds is 42. The molecule has 0 spiro atoms. The highest BCUT2D eigenvalue weighted by Gasteiger charge is 2.16. The van der Waals surface area contributed by atoms with E-state index in [1.165, 1.54) is 180 Å². The van der Waals surface area contributed by atoms with Crippen molar-refractivity contribution in [2.24, 2.45) is 0 Å². The lowest BCUT2D eigenvalue weighted by atomic mass is 10.0. The lowest BCUT2D eigenvalue weighted by Gasteiger charge is -2.15. The van der Waals surface area contributed by atoms with E-state index in [-0.39, 0.29) is 25.2 Å². The summed E-state index contributed by atoms with van der Waals surface area (Å²) < 4.78 is 10.6. The molecule has 52 heavy (non-hydrogen) atoms. The van der Waals surface area contributed by atoms with Crippen LogP contribution in [0.25, 0.3) is 0 Å². The average Bonchev–Trinajstić information content (AvgIpc) is 3.15. The van der Waals surface area contributed by atoms with Gasteiger partial charge in [-0.3, -0.25) is 9.59 Å². The number of carbonyl (C=O) groups is 2. The smallest absolute Gasteiger partial charge is 0.306 e. The maximum absolute atomic E-state index is 12.2. The van der Waals surface area contributed by atoms with Gasteiger partial charge in [0.25, 0.3) is 0 Å². The number of hydrogen-bond acceptors (Lipinski definition) is 5. The molecule has 0 saturated carbocycles. The molecule has 0 heterocycles. The largest absolute Gasteiger partial charge is 0.462 e. The Kier molecular flexibility index (Phi) is 42.4. The zero-order valence-corrected chi connectivity index (χ0v) is 34.8. The Labute approximate surface area is 323 Å². The van der Waals surface area contributed by atoms with Gasteiger partial charge in [-0.15, -0.1) is 0 Å². The summed E-state index contributed by atoms with van der Waals surface area (Å²) in [6, 6.07) is 0. The first-order chi connectivity index (χ1) is 25.6. The van der Waals surface area contributed by atoms with Crippen molar-refractivity contribution >= 4 is 11.9 Å². The van der Waals surface area contributed by atoms with Crippen molar-refractivity contribution in [2.75, 3.05) is 13.2 Å². The molecular formula is C47H88O5. The number of hydrogen-bond donors (Lipinski definition) is 1. The number of unbranched alkanes of at least 4 members (excludes halogenated alkanes) is 30. The highest BCUT2D eigenvalue weighted by atomic mass is 16.6. The van der Waals surface area contributed by atoms with Crippen LogP contribution in [0, 0.1) is 0 Å². The van der Waals surface area contributed by atoms with Crippen molar-refractivity contribution in [1.29, 1.82) is 0 Å². The summed E-state index contributed by atoms with van der Waals surface area (Å²) in [7, 11) is 0. The number of aliphatic hydroxyl groups excluding tert-OH is 1. The van der Waals surface area contributed by atoms with Gasteiger partial charge in [-0.05, 0) is 64.2 Å². The monoisotopic (exact) mass is 733 g/mol. The van der Waals surface area contributed by atoms with Gasteiger partial charge in [0.1, 0.15) is 6.61 Å². The van der Waals surface area contributed by atoms with E-state index in [1.54, 1.807) is 0 Å². The zero-order valence-electron chi connectivity index (χ0n) is 34.8. The van der Waals surface area contributed by atoms with Gasteiger partial charge in [-0.25, -0.2) is 0 Å². The van der Waals surface area contributed by atoms with Crippen molar-refractivity contribution < 1.29 is 24.2 Å². The minimum atomic E-state index is -0.770. The molecule has 0 rings (SSSR count). The van der Waals surface area contributed by atoms with Crippen molar-refractivity contribution in [3.05, 3.63) is 24.3 Å². The second-order valence-electron chi connectivity index (χ2n) is 15.5. The molecule has 0 fully saturated rings. The van der Waals surface area contributed by atoms with E-state index in [2.05, 4.69) is 38.2 Å². The van der Waals surface area contributed by atoms with Crippen LogP contribution in [0.2, 0.25) is 0 Å². The van der Waals surface area contributed by atoms with E-state index >= 15 is 0 Å². The molecule has 0 aromatic heterocycles. The maximum atomic E-state index is 12.2. The molecular weight excluding hydrogens is 645 g/mol. The Morgan fingerprint density at radius 3 is 1.04 bits per heavy atom. The highest BCUT2D eigenvalue weighted by Crippen LogP contribution is 2.15. The molecule has 0 aromatic carbocycles. The zero-order chi connectivity index (χ0) is 37.8. The van der Waals surface area contributed by atoms with Gasteiger partial charge in [-0.2, -0.15) is 0 Å². The third-order valence-electron chi connectivity index (χ3n) is 10.2. The molecule has 0 bridgehead atoms. The minimum Gasteiger partial charge on any atom is -0.462 e. The Bertz CT molecular complexity index is 791. The first-order valence-electron chi connectivity index (χ1n) is 22.9. The van der Waals surface area contributed by atoms with Crippen LogP contribution in [0.5, 0.6) is 0 Å². The summed E-state index contributed by atoms with van der Waals surface area (Å²) in [4.78, 5) is 24.4. The predicted octanol–water partition coefficient (Wildman–Crippen LogP) is 14.6. The van der Waals surface area contributed by atoms with Crippen molar-refractivity contribution in [2.45, 2.75) is 251 Å². The number of allylic oxidation sites excluding steroid dienone is 4. The standard InChI is InChI=1S/C47H88O5/c1-3-5-7-9-11-13-15-17-19-21-22-23-24-26-28-30-32-34-36-38-40-42-47(50)52-45(43-48)44-51-46(49)41-39-37-35-33-31-29-27-25-20-18-16-14-12-10-8-6-4-2/h17-20,45,48H,3-16,21-44H2,1-2H3/t45-/m0/s1. The Balaban J connectivity index is 3.50. The molecule has 0 aromatic rings. The van der Waals surface area contributed by atoms with Crippen LogP contribution in [0.3, 0.4) is 0 Å². The summed E-state index contributed by atoms with van der Waals surface area (Å²) in [5, 5.41) is 9.59. The van der Waals surface area contributed by atoms with Gasteiger partial charge in [0.15, 0.2) is 6.10 Å². The normalized spacial score (nSPS) is 12.3. The maximum Gasteiger partial charge on any atom is 0.306 e. The van der Waals surface area contributed by atoms with E-state index in [4.69, 9.17) is 9.47 Å². The van der Waals surface area contributed by atoms with E-state index in [1.807, 2.05) is 0 Å². The van der Waals surface area contributed by atoms with Crippen LogP contribution in [0.4, 0.5) is 0 Å².